The van der Waals surface area contributed by atoms with Gasteiger partial charge in [-0.3, -0.25) is 9.59 Å². The molecule has 2 radical (unpaired) electrons. The van der Waals surface area contributed by atoms with E-state index in [9.17, 15) is 29.4 Å². The number of piperidine rings is 1. The summed E-state index contributed by atoms with van der Waals surface area (Å²) >= 11 is 0. The van der Waals surface area contributed by atoms with E-state index in [1.165, 1.54) is 4.90 Å². The van der Waals surface area contributed by atoms with E-state index in [4.69, 9.17) is 12.6 Å². The van der Waals surface area contributed by atoms with Crippen LogP contribution < -0.4 is 10.6 Å². The lowest BCUT2D eigenvalue weighted by Crippen LogP contribution is -2.63. The van der Waals surface area contributed by atoms with Crippen molar-refractivity contribution in [1.29, 1.82) is 0 Å². The molecule has 0 saturated carbocycles. The number of amides is 3. The predicted octanol–water partition coefficient (Wildman–Crippen LogP) is -1.05. The first kappa shape index (κ1) is 22.0. The van der Waals surface area contributed by atoms with Gasteiger partial charge >= 0.3 is 12.1 Å². The minimum absolute atomic E-state index is 0.285. The van der Waals surface area contributed by atoms with Gasteiger partial charge in [-0.1, -0.05) is 0 Å². The average molecular weight is 395 g/mol. The second-order valence-corrected chi connectivity index (χ2v) is 8.12. The first-order chi connectivity index (χ1) is 12.9. The second-order valence-electron chi connectivity index (χ2n) is 8.12. The minimum Gasteiger partial charge on any atom is -0.480 e. The Kier molecular flexibility index (Phi) is 6.58. The Hall–Kier alpha value is -2.30. The van der Waals surface area contributed by atoms with Crippen molar-refractivity contribution < 1.29 is 34.1 Å². The van der Waals surface area contributed by atoms with Gasteiger partial charge in [-0.2, -0.15) is 0 Å². The number of aliphatic hydroxyl groups excluding tert-OH is 1. The number of alkyl carbamates (subject to hydrolysis) is 1. The van der Waals surface area contributed by atoms with Crippen molar-refractivity contribution in [2.75, 3.05) is 6.61 Å². The molecule has 2 rings (SSSR count). The van der Waals surface area contributed by atoms with Crippen LogP contribution in [-0.4, -0.2) is 83.1 Å². The largest absolute Gasteiger partial charge is 0.480 e. The van der Waals surface area contributed by atoms with Crippen LogP contribution in [0, 0.1) is 5.92 Å². The Morgan fingerprint density at radius 3 is 2.50 bits per heavy atom. The van der Waals surface area contributed by atoms with Gasteiger partial charge in [0.1, 0.15) is 25.5 Å². The fourth-order valence-corrected chi connectivity index (χ4v) is 3.64. The number of carboxylic acids is 1. The van der Waals surface area contributed by atoms with Gasteiger partial charge in [0.2, 0.25) is 11.8 Å². The molecular weight excluding hydrogens is 369 g/mol. The third-order valence-electron chi connectivity index (χ3n) is 4.84. The maximum absolute atomic E-state index is 12.8. The van der Waals surface area contributed by atoms with Crippen molar-refractivity contribution in [3.05, 3.63) is 0 Å². The summed E-state index contributed by atoms with van der Waals surface area (Å²) < 4.78 is 5.02. The van der Waals surface area contributed by atoms with Crippen LogP contribution in [-0.2, 0) is 19.1 Å². The minimum atomic E-state index is -1.48. The van der Waals surface area contributed by atoms with Crippen LogP contribution in [0.3, 0.4) is 0 Å². The van der Waals surface area contributed by atoms with Crippen molar-refractivity contribution in [2.24, 2.45) is 5.92 Å². The van der Waals surface area contributed by atoms with Crippen molar-refractivity contribution in [3.63, 3.8) is 0 Å². The Morgan fingerprint density at radius 1 is 1.32 bits per heavy atom. The molecule has 0 spiro atoms. The van der Waals surface area contributed by atoms with E-state index >= 15 is 0 Å². The third-order valence-corrected chi connectivity index (χ3v) is 4.84. The number of carbonyl (C=O) groups excluding carboxylic acids is 3. The first-order valence-corrected chi connectivity index (χ1v) is 9.16. The smallest absolute Gasteiger partial charge is 0.407 e. The second kappa shape index (κ2) is 8.38. The van der Waals surface area contributed by atoms with Gasteiger partial charge in [0.05, 0.1) is 5.94 Å². The standard InChI is InChI=1S/C17H26BN3O7/c1-17(2,3)28-16(27)20-12(18)13(23)19-11-8(7-22)6-9-4-5-10(15(25)26)21(9)14(11)24/h8-12,22H,4-7H2,1-3H3,(H,19,23)(H,20,27)(H,25,26)/t8-,9?,10+,11+,12?/m1/s1. The Morgan fingerprint density at radius 2 is 1.96 bits per heavy atom. The zero-order chi connectivity index (χ0) is 21.2. The molecule has 2 heterocycles. The summed E-state index contributed by atoms with van der Waals surface area (Å²) in [7, 11) is 5.66. The fourth-order valence-electron chi connectivity index (χ4n) is 3.64. The number of carboxylic acid groups (broad SMARTS) is 1. The zero-order valence-electron chi connectivity index (χ0n) is 16.2. The molecule has 5 atom stereocenters. The zero-order valence-corrected chi connectivity index (χ0v) is 16.2. The summed E-state index contributed by atoms with van der Waals surface area (Å²) in [6.45, 7) is 4.59. The molecule has 2 fully saturated rings. The van der Waals surface area contributed by atoms with Crippen LogP contribution in [0.1, 0.15) is 40.0 Å². The molecule has 0 aliphatic carbocycles. The van der Waals surface area contributed by atoms with E-state index in [-0.39, 0.29) is 12.6 Å². The molecule has 0 bridgehead atoms. The van der Waals surface area contributed by atoms with Gasteiger partial charge in [0, 0.05) is 18.6 Å². The lowest BCUT2D eigenvalue weighted by atomic mass is 9.86. The monoisotopic (exact) mass is 395 g/mol. The van der Waals surface area contributed by atoms with Crippen LogP contribution in [0.15, 0.2) is 0 Å². The molecule has 2 unspecified atom stereocenters. The van der Waals surface area contributed by atoms with E-state index in [2.05, 4.69) is 10.6 Å². The maximum atomic E-state index is 12.8. The van der Waals surface area contributed by atoms with Gasteiger partial charge in [-0.15, -0.1) is 0 Å². The molecule has 2 saturated heterocycles. The molecule has 0 aromatic heterocycles. The number of nitrogens with zero attached hydrogens (tertiary/aromatic N) is 1. The van der Waals surface area contributed by atoms with Crippen molar-refractivity contribution in [1.82, 2.24) is 15.5 Å². The maximum Gasteiger partial charge on any atom is 0.407 e. The lowest BCUT2D eigenvalue weighted by Gasteiger charge is -2.41. The summed E-state index contributed by atoms with van der Waals surface area (Å²) in [5.41, 5.74) is -0.780. The van der Waals surface area contributed by atoms with Crippen LogP contribution >= 0.6 is 0 Å². The topological polar surface area (TPSA) is 145 Å². The van der Waals surface area contributed by atoms with Gasteiger partial charge in [0.15, 0.2) is 0 Å². The van der Waals surface area contributed by atoms with Gasteiger partial charge in [-0.25, -0.2) is 9.59 Å². The summed E-state index contributed by atoms with van der Waals surface area (Å²) in [6, 6.07) is -2.36. The van der Waals surface area contributed by atoms with Gasteiger partial charge in [-0.05, 0) is 40.0 Å². The third kappa shape index (κ3) is 4.95. The molecule has 2 aliphatic heterocycles. The van der Waals surface area contributed by atoms with E-state index < -0.39 is 53.4 Å². The fraction of sp³-hybridized carbons (Fsp3) is 0.765. The molecular formula is C17H26BN3O7. The predicted molar refractivity (Wildman–Crippen MR) is 97.3 cm³/mol. The summed E-state index contributed by atoms with van der Waals surface area (Å²) in [4.78, 5) is 49.6. The van der Waals surface area contributed by atoms with Crippen LogP contribution in [0.25, 0.3) is 0 Å². The number of hydrogen-bond acceptors (Lipinski definition) is 6. The SMILES string of the molecule is [B]C(NC(=O)OC(C)(C)C)C(=O)N[C@@H]1C(=O)N2C(CC[C@H]2C(=O)O)C[C@@H]1CO. The molecule has 0 aromatic carbocycles. The highest BCUT2D eigenvalue weighted by atomic mass is 16.6. The molecule has 3 amide bonds. The molecule has 154 valence electrons. The number of ether oxygens (including phenoxy) is 1. The molecule has 4 N–H and O–H groups in total. The van der Waals surface area contributed by atoms with E-state index in [0.29, 0.717) is 19.3 Å². The highest BCUT2D eigenvalue weighted by Gasteiger charge is 2.50. The highest BCUT2D eigenvalue weighted by Crippen LogP contribution is 2.35. The van der Waals surface area contributed by atoms with E-state index in [0.717, 1.165) is 0 Å². The summed E-state index contributed by atoms with van der Waals surface area (Å²) in [6.07, 6.45) is 0.324. The van der Waals surface area contributed by atoms with Gasteiger partial charge in [0.25, 0.3) is 0 Å². The number of aliphatic hydroxyl groups is 1. The number of rotatable bonds is 5. The van der Waals surface area contributed by atoms with E-state index in [1.54, 1.807) is 20.8 Å². The number of nitrogens with one attached hydrogen (secondary N) is 2. The van der Waals surface area contributed by atoms with Crippen LogP contribution in [0.2, 0.25) is 0 Å². The average Bonchev–Trinajstić information content (AvgIpc) is 2.99. The molecule has 0 aromatic rings. The molecule has 28 heavy (non-hydrogen) atoms. The Labute approximate surface area is 164 Å². The molecule has 2 aliphatic rings. The normalized spacial score (nSPS) is 28.3. The number of carbonyl (C=O) groups is 4. The first-order valence-electron chi connectivity index (χ1n) is 9.16. The lowest BCUT2D eigenvalue weighted by molar-refractivity contribution is -0.155. The van der Waals surface area contributed by atoms with Gasteiger partial charge < -0.3 is 30.5 Å². The van der Waals surface area contributed by atoms with Crippen molar-refractivity contribution in [3.8, 4) is 0 Å². The number of fused-ring (bicyclic) bond motifs is 1. The van der Waals surface area contributed by atoms with Crippen molar-refractivity contribution in [2.45, 2.75) is 69.7 Å². The van der Waals surface area contributed by atoms with Crippen LogP contribution in [0.4, 0.5) is 4.79 Å². The Bertz CT molecular complexity index is 651. The highest BCUT2D eigenvalue weighted by molar-refractivity contribution is 6.25. The Balaban J connectivity index is 2.05. The van der Waals surface area contributed by atoms with E-state index in [1.807, 2.05) is 0 Å². The molecule has 11 heteroatoms. The summed E-state index contributed by atoms with van der Waals surface area (Å²) in [5, 5.41) is 23.6. The quantitative estimate of drug-likeness (QED) is 0.435. The van der Waals surface area contributed by atoms with Crippen LogP contribution in [0.5, 0.6) is 0 Å². The number of hydrogen-bond donors (Lipinski definition) is 4. The van der Waals surface area contributed by atoms with Crippen molar-refractivity contribution >= 4 is 31.7 Å². The number of aliphatic carboxylic acids is 1. The summed E-state index contributed by atoms with van der Waals surface area (Å²) in [5.74, 6) is -4.57. The molecule has 10 nitrogen and oxygen atoms in total.